The normalized spacial score (nSPS) is 10.8. The first-order chi connectivity index (χ1) is 15.8. The van der Waals surface area contributed by atoms with Crippen molar-refractivity contribution in [1.82, 2.24) is 0 Å². The third kappa shape index (κ3) is 5.39. The Kier molecular flexibility index (Phi) is 7.13. The van der Waals surface area contributed by atoms with E-state index in [1.54, 1.807) is 30.3 Å². The SMILES string of the molecule is COc1ccc(S(=O)(=O)N(CC(=O)Nc2cc([N+](=O)[O-])ccc2OC)c2ccccc2)cc1. The standard InChI is InChI=1S/C22H21N3O7S/c1-31-18-9-11-19(12-10-18)33(29,30)24(16-6-4-3-5-7-16)15-22(26)23-20-14-17(25(27)28)8-13-21(20)32-2/h3-14H,15H2,1-2H3,(H,23,26). The molecule has 0 bridgehead atoms. The van der Waals surface area contributed by atoms with Gasteiger partial charge in [-0.3, -0.25) is 19.2 Å². The predicted octanol–water partition coefficient (Wildman–Crippen LogP) is 3.45. The van der Waals surface area contributed by atoms with Crippen molar-refractivity contribution >= 4 is 33.0 Å². The molecule has 1 amide bonds. The molecule has 0 aliphatic heterocycles. The topological polar surface area (TPSA) is 128 Å². The largest absolute Gasteiger partial charge is 0.497 e. The van der Waals surface area contributed by atoms with Gasteiger partial charge in [-0.15, -0.1) is 0 Å². The lowest BCUT2D eigenvalue weighted by atomic mass is 10.2. The van der Waals surface area contributed by atoms with E-state index >= 15 is 0 Å². The van der Waals surface area contributed by atoms with Crippen LogP contribution in [0.3, 0.4) is 0 Å². The highest BCUT2D eigenvalue weighted by Gasteiger charge is 2.27. The van der Waals surface area contributed by atoms with Crippen molar-refractivity contribution in [2.24, 2.45) is 0 Å². The highest BCUT2D eigenvalue weighted by atomic mass is 32.2. The van der Waals surface area contributed by atoms with Gasteiger partial charge in [-0.25, -0.2) is 8.42 Å². The van der Waals surface area contributed by atoms with Gasteiger partial charge in [-0.2, -0.15) is 0 Å². The summed E-state index contributed by atoms with van der Waals surface area (Å²) in [6.45, 7) is -0.579. The number of nitro benzene ring substituents is 1. The Morgan fingerprint density at radius 3 is 2.24 bits per heavy atom. The average Bonchev–Trinajstić information content (AvgIpc) is 2.83. The molecule has 0 heterocycles. The average molecular weight is 471 g/mol. The second-order valence-electron chi connectivity index (χ2n) is 6.71. The number of hydrogen-bond acceptors (Lipinski definition) is 7. The fourth-order valence-corrected chi connectivity index (χ4v) is 4.43. The number of non-ortho nitro benzene ring substituents is 1. The summed E-state index contributed by atoms with van der Waals surface area (Å²) in [4.78, 5) is 23.3. The first kappa shape index (κ1) is 23.5. The van der Waals surface area contributed by atoms with E-state index in [0.29, 0.717) is 5.75 Å². The zero-order valence-corrected chi connectivity index (χ0v) is 18.6. The van der Waals surface area contributed by atoms with Gasteiger partial charge in [0.05, 0.1) is 35.4 Å². The molecule has 11 heteroatoms. The number of amides is 1. The van der Waals surface area contributed by atoms with E-state index in [0.717, 1.165) is 10.4 Å². The summed E-state index contributed by atoms with van der Waals surface area (Å²) in [7, 11) is -1.31. The van der Waals surface area contributed by atoms with Crippen molar-refractivity contribution < 1.29 is 27.6 Å². The number of carbonyl (C=O) groups excluding carboxylic acids is 1. The first-order valence-electron chi connectivity index (χ1n) is 9.60. The Morgan fingerprint density at radius 2 is 1.67 bits per heavy atom. The zero-order chi connectivity index (χ0) is 24.0. The summed E-state index contributed by atoms with van der Waals surface area (Å²) in [6, 6.07) is 17.6. The predicted molar refractivity (Wildman–Crippen MR) is 122 cm³/mol. The third-order valence-corrected chi connectivity index (χ3v) is 6.43. The van der Waals surface area contributed by atoms with Crippen LogP contribution < -0.4 is 19.1 Å². The number of rotatable bonds is 9. The fourth-order valence-electron chi connectivity index (χ4n) is 3.01. The highest BCUT2D eigenvalue weighted by Crippen LogP contribution is 2.30. The number of hydrogen-bond donors (Lipinski definition) is 1. The molecule has 3 rings (SSSR count). The van der Waals surface area contributed by atoms with Gasteiger partial charge in [0.15, 0.2) is 0 Å². The lowest BCUT2D eigenvalue weighted by molar-refractivity contribution is -0.384. The van der Waals surface area contributed by atoms with Crippen LogP contribution in [0.2, 0.25) is 0 Å². The van der Waals surface area contributed by atoms with Gasteiger partial charge in [-0.05, 0) is 42.5 Å². The molecule has 0 atom stereocenters. The lowest BCUT2D eigenvalue weighted by Gasteiger charge is -2.24. The summed E-state index contributed by atoms with van der Waals surface area (Å²) >= 11 is 0. The Labute approximate surface area is 190 Å². The van der Waals surface area contributed by atoms with E-state index in [2.05, 4.69) is 5.32 Å². The van der Waals surface area contributed by atoms with Crippen molar-refractivity contribution in [2.75, 3.05) is 30.4 Å². The number of benzene rings is 3. The van der Waals surface area contributed by atoms with E-state index in [-0.39, 0.29) is 27.7 Å². The number of carbonyl (C=O) groups is 1. The maximum Gasteiger partial charge on any atom is 0.271 e. The highest BCUT2D eigenvalue weighted by molar-refractivity contribution is 7.92. The molecular formula is C22H21N3O7S. The molecule has 0 saturated carbocycles. The fraction of sp³-hybridized carbons (Fsp3) is 0.136. The Hall–Kier alpha value is -4.12. The molecular weight excluding hydrogens is 450 g/mol. The van der Waals surface area contributed by atoms with Crippen LogP contribution in [0.5, 0.6) is 11.5 Å². The summed E-state index contributed by atoms with van der Waals surface area (Å²) in [5, 5.41) is 13.6. The summed E-state index contributed by atoms with van der Waals surface area (Å²) in [5.74, 6) is -0.0383. The number of nitro groups is 1. The molecule has 0 aromatic heterocycles. The van der Waals surface area contributed by atoms with Gasteiger partial charge in [0, 0.05) is 12.1 Å². The number of anilines is 2. The molecule has 0 fully saturated rings. The van der Waals surface area contributed by atoms with Crippen LogP contribution in [0.25, 0.3) is 0 Å². The Bertz CT molecular complexity index is 1250. The van der Waals surface area contributed by atoms with Gasteiger partial charge < -0.3 is 14.8 Å². The molecule has 3 aromatic carbocycles. The van der Waals surface area contributed by atoms with Crippen LogP contribution >= 0.6 is 0 Å². The smallest absolute Gasteiger partial charge is 0.271 e. The van der Waals surface area contributed by atoms with Crippen molar-refractivity contribution in [3.05, 3.63) is 82.9 Å². The van der Waals surface area contributed by atoms with Crippen molar-refractivity contribution in [1.29, 1.82) is 0 Å². The molecule has 3 aromatic rings. The number of methoxy groups -OCH3 is 2. The molecule has 0 unspecified atom stereocenters. The Balaban J connectivity index is 1.94. The maximum absolute atomic E-state index is 13.4. The van der Waals surface area contributed by atoms with E-state index in [4.69, 9.17) is 9.47 Å². The van der Waals surface area contributed by atoms with Crippen molar-refractivity contribution in [2.45, 2.75) is 4.90 Å². The molecule has 0 aliphatic rings. The lowest BCUT2D eigenvalue weighted by Crippen LogP contribution is -2.38. The molecule has 33 heavy (non-hydrogen) atoms. The van der Waals surface area contributed by atoms with Crippen LogP contribution in [0.4, 0.5) is 17.1 Å². The second kappa shape index (κ2) is 10.0. The number of para-hydroxylation sites is 1. The van der Waals surface area contributed by atoms with Crippen LogP contribution in [-0.2, 0) is 14.8 Å². The summed E-state index contributed by atoms with van der Waals surface area (Å²) < 4.78 is 37.9. The molecule has 172 valence electrons. The number of ether oxygens (including phenoxy) is 2. The van der Waals surface area contributed by atoms with Gasteiger partial charge in [0.25, 0.3) is 15.7 Å². The number of sulfonamides is 1. The number of nitrogens with one attached hydrogen (secondary N) is 1. The minimum atomic E-state index is -4.13. The maximum atomic E-state index is 13.4. The monoisotopic (exact) mass is 471 g/mol. The van der Waals surface area contributed by atoms with Crippen LogP contribution in [0, 0.1) is 10.1 Å². The molecule has 0 radical (unpaired) electrons. The van der Waals surface area contributed by atoms with Crippen molar-refractivity contribution in [3.8, 4) is 11.5 Å². The van der Waals surface area contributed by atoms with E-state index in [1.165, 1.54) is 50.6 Å². The van der Waals surface area contributed by atoms with Gasteiger partial charge in [-0.1, -0.05) is 18.2 Å². The van der Waals surface area contributed by atoms with Gasteiger partial charge in [0.1, 0.15) is 18.0 Å². The van der Waals surface area contributed by atoms with E-state index in [9.17, 15) is 23.3 Å². The first-order valence-corrected chi connectivity index (χ1v) is 11.0. The third-order valence-electron chi connectivity index (χ3n) is 4.65. The van der Waals surface area contributed by atoms with Gasteiger partial charge >= 0.3 is 0 Å². The van der Waals surface area contributed by atoms with Crippen LogP contribution in [0.15, 0.2) is 77.7 Å². The summed E-state index contributed by atoms with van der Waals surface area (Å²) in [6.07, 6.45) is 0. The van der Waals surface area contributed by atoms with Gasteiger partial charge in [0.2, 0.25) is 5.91 Å². The summed E-state index contributed by atoms with van der Waals surface area (Å²) in [5.41, 5.74) is 0.0675. The van der Waals surface area contributed by atoms with E-state index in [1.807, 2.05) is 0 Å². The molecule has 0 saturated heterocycles. The minimum Gasteiger partial charge on any atom is -0.497 e. The number of nitrogens with zero attached hydrogens (tertiary/aromatic N) is 2. The molecule has 1 N–H and O–H groups in total. The molecule has 0 spiro atoms. The minimum absolute atomic E-state index is 0.0344. The van der Waals surface area contributed by atoms with Crippen LogP contribution in [0.1, 0.15) is 0 Å². The zero-order valence-electron chi connectivity index (χ0n) is 17.8. The van der Waals surface area contributed by atoms with Crippen molar-refractivity contribution in [3.63, 3.8) is 0 Å². The second-order valence-corrected chi connectivity index (χ2v) is 8.57. The quantitative estimate of drug-likeness (QED) is 0.374. The molecule has 10 nitrogen and oxygen atoms in total. The molecule has 0 aliphatic carbocycles. The van der Waals surface area contributed by atoms with Crippen LogP contribution in [-0.4, -0.2) is 40.0 Å². The van der Waals surface area contributed by atoms with E-state index < -0.39 is 27.4 Å². The Morgan fingerprint density at radius 1 is 1.00 bits per heavy atom.